The number of amides is 1. The Morgan fingerprint density at radius 3 is 2.96 bits per heavy atom. The molecule has 1 atom stereocenters. The Balaban J connectivity index is 1.56. The van der Waals surface area contributed by atoms with E-state index >= 15 is 0 Å². The lowest BCUT2D eigenvalue weighted by Gasteiger charge is -2.34. The predicted octanol–water partition coefficient (Wildman–Crippen LogP) is 4.04. The highest BCUT2D eigenvalue weighted by atomic mass is 16.1. The van der Waals surface area contributed by atoms with Gasteiger partial charge in [-0.1, -0.05) is 26.8 Å². The average Bonchev–Trinajstić information content (AvgIpc) is 3.06. The largest absolute Gasteiger partial charge is 0.359 e. The van der Waals surface area contributed by atoms with Crippen LogP contribution in [0.25, 0.3) is 11.0 Å². The minimum atomic E-state index is -0.110. The number of nitrogens with one attached hydrogen (secondary N) is 2. The maximum Gasteiger partial charge on any atom is 0.255 e. The Kier molecular flexibility index (Phi) is 4.46. The van der Waals surface area contributed by atoms with Crippen LogP contribution < -0.4 is 5.32 Å². The summed E-state index contributed by atoms with van der Waals surface area (Å²) in [5, 5.41) is 2.96. The fourth-order valence-corrected chi connectivity index (χ4v) is 3.89. The molecule has 0 saturated heterocycles. The maximum atomic E-state index is 12.7. The summed E-state index contributed by atoms with van der Waals surface area (Å²) in [5.41, 5.74) is 6.06. The number of nitrogens with zero attached hydrogens (tertiary/aromatic N) is 2. The van der Waals surface area contributed by atoms with Gasteiger partial charge in [0, 0.05) is 30.8 Å². The number of rotatable bonds is 3. The van der Waals surface area contributed by atoms with E-state index in [1.807, 2.05) is 12.1 Å². The molecule has 3 heterocycles. The second kappa shape index (κ2) is 6.80. The molecule has 0 bridgehead atoms. The molecular weight excluding hydrogens is 336 g/mol. The van der Waals surface area contributed by atoms with Crippen molar-refractivity contribution in [3.8, 4) is 0 Å². The number of aromatic amines is 1. The zero-order chi connectivity index (χ0) is 19.0. The molecule has 1 aliphatic rings. The molecule has 140 valence electrons. The Labute approximate surface area is 159 Å². The Morgan fingerprint density at radius 1 is 1.37 bits per heavy atom. The summed E-state index contributed by atoms with van der Waals surface area (Å²) >= 11 is 0. The van der Waals surface area contributed by atoms with Gasteiger partial charge in [-0.25, -0.2) is 0 Å². The van der Waals surface area contributed by atoms with Gasteiger partial charge in [0.15, 0.2) is 0 Å². The average molecular weight is 362 g/mol. The standard InChI is InChI=1S/C22H26N4O/c1-22(2,3)16-6-7-18-15(9-16)10-19-20(26-18)17(13-24-19)21(27)25-12-14-5-4-8-23-11-14/h4-5,8,10-11,13,16,24H,6-7,9,12H2,1-3H3,(H,25,27). The molecule has 5 nitrogen and oxygen atoms in total. The summed E-state index contributed by atoms with van der Waals surface area (Å²) in [5.74, 6) is 0.558. The van der Waals surface area contributed by atoms with E-state index in [2.05, 4.69) is 42.1 Å². The minimum absolute atomic E-state index is 0.110. The molecular formula is C22H26N4O. The monoisotopic (exact) mass is 362 g/mol. The molecule has 0 radical (unpaired) electrons. The van der Waals surface area contributed by atoms with E-state index in [1.165, 1.54) is 5.56 Å². The van der Waals surface area contributed by atoms with Crippen molar-refractivity contribution in [1.29, 1.82) is 0 Å². The zero-order valence-corrected chi connectivity index (χ0v) is 16.2. The minimum Gasteiger partial charge on any atom is -0.359 e. The van der Waals surface area contributed by atoms with Crippen LogP contribution in [0, 0.1) is 11.3 Å². The van der Waals surface area contributed by atoms with E-state index < -0.39 is 0 Å². The highest BCUT2D eigenvalue weighted by Gasteiger charge is 2.30. The van der Waals surface area contributed by atoms with E-state index in [9.17, 15) is 4.79 Å². The van der Waals surface area contributed by atoms with Crippen molar-refractivity contribution in [2.75, 3.05) is 0 Å². The Hall–Kier alpha value is -2.69. The first-order valence-corrected chi connectivity index (χ1v) is 9.59. The number of pyridine rings is 2. The normalized spacial score (nSPS) is 16.9. The van der Waals surface area contributed by atoms with E-state index in [0.29, 0.717) is 23.4 Å². The van der Waals surface area contributed by atoms with Crippen molar-refractivity contribution >= 4 is 16.9 Å². The van der Waals surface area contributed by atoms with Crippen LogP contribution in [0.1, 0.15) is 54.4 Å². The van der Waals surface area contributed by atoms with Crippen LogP contribution in [0.5, 0.6) is 0 Å². The molecule has 4 rings (SSSR count). The number of carbonyl (C=O) groups excluding carboxylic acids is 1. The summed E-state index contributed by atoms with van der Waals surface area (Å²) in [6.07, 6.45) is 8.45. The summed E-state index contributed by atoms with van der Waals surface area (Å²) < 4.78 is 0. The van der Waals surface area contributed by atoms with Gasteiger partial charge in [-0.15, -0.1) is 0 Å². The molecule has 5 heteroatoms. The van der Waals surface area contributed by atoms with Crippen molar-refractivity contribution in [1.82, 2.24) is 20.3 Å². The quantitative estimate of drug-likeness (QED) is 0.739. The highest BCUT2D eigenvalue weighted by Crippen LogP contribution is 2.37. The smallest absolute Gasteiger partial charge is 0.255 e. The fraction of sp³-hybridized carbons (Fsp3) is 0.409. The van der Waals surface area contributed by atoms with Crippen molar-refractivity contribution in [3.05, 3.63) is 59.2 Å². The Morgan fingerprint density at radius 2 is 2.22 bits per heavy atom. The molecule has 3 aromatic rings. The maximum absolute atomic E-state index is 12.7. The van der Waals surface area contributed by atoms with Crippen LogP contribution in [0.4, 0.5) is 0 Å². The van der Waals surface area contributed by atoms with E-state index in [1.54, 1.807) is 18.6 Å². The predicted molar refractivity (Wildman–Crippen MR) is 106 cm³/mol. The third-order valence-corrected chi connectivity index (χ3v) is 5.66. The third kappa shape index (κ3) is 3.59. The lowest BCUT2D eigenvalue weighted by atomic mass is 9.71. The summed E-state index contributed by atoms with van der Waals surface area (Å²) in [4.78, 5) is 24.8. The van der Waals surface area contributed by atoms with E-state index in [-0.39, 0.29) is 5.91 Å². The fourth-order valence-electron chi connectivity index (χ4n) is 3.89. The molecule has 1 unspecified atom stereocenters. The first-order chi connectivity index (χ1) is 12.9. The highest BCUT2D eigenvalue weighted by molar-refractivity contribution is 6.05. The van der Waals surface area contributed by atoms with Gasteiger partial charge in [0.25, 0.3) is 5.91 Å². The van der Waals surface area contributed by atoms with E-state index in [0.717, 1.165) is 41.6 Å². The summed E-state index contributed by atoms with van der Waals surface area (Å²) in [6, 6.07) is 6.00. The van der Waals surface area contributed by atoms with Crippen LogP contribution in [0.3, 0.4) is 0 Å². The molecule has 1 amide bonds. The van der Waals surface area contributed by atoms with Crippen LogP contribution in [-0.2, 0) is 19.4 Å². The second-order valence-corrected chi connectivity index (χ2v) is 8.54. The number of H-pyrrole nitrogens is 1. The summed E-state index contributed by atoms with van der Waals surface area (Å²) in [6.45, 7) is 7.40. The SMILES string of the molecule is CC(C)(C)C1CCc2nc3c(C(=O)NCc4cccnc4)c[nH]c3cc2C1. The van der Waals surface area contributed by atoms with Gasteiger partial charge >= 0.3 is 0 Å². The molecule has 1 aliphatic carbocycles. The molecule has 0 fully saturated rings. The first-order valence-electron chi connectivity index (χ1n) is 9.59. The van der Waals surface area contributed by atoms with Crippen molar-refractivity contribution in [3.63, 3.8) is 0 Å². The van der Waals surface area contributed by atoms with Crippen LogP contribution in [0.15, 0.2) is 36.8 Å². The van der Waals surface area contributed by atoms with Gasteiger partial charge in [-0.3, -0.25) is 14.8 Å². The molecule has 0 saturated carbocycles. The zero-order valence-electron chi connectivity index (χ0n) is 16.2. The second-order valence-electron chi connectivity index (χ2n) is 8.54. The van der Waals surface area contributed by atoms with Crippen LogP contribution in [0.2, 0.25) is 0 Å². The number of aromatic nitrogens is 3. The van der Waals surface area contributed by atoms with Gasteiger partial charge < -0.3 is 10.3 Å². The molecule has 0 aliphatic heterocycles. The molecule has 0 aromatic carbocycles. The Bertz CT molecular complexity index is 969. The number of carbonyl (C=O) groups is 1. The van der Waals surface area contributed by atoms with Crippen LogP contribution >= 0.6 is 0 Å². The summed E-state index contributed by atoms with van der Waals surface area (Å²) in [7, 11) is 0. The van der Waals surface area contributed by atoms with Crippen LogP contribution in [-0.4, -0.2) is 20.9 Å². The number of hydrogen-bond donors (Lipinski definition) is 2. The van der Waals surface area contributed by atoms with Gasteiger partial charge in [-0.05, 0) is 53.9 Å². The number of aryl methyl sites for hydroxylation is 1. The van der Waals surface area contributed by atoms with E-state index in [4.69, 9.17) is 4.98 Å². The lowest BCUT2D eigenvalue weighted by Crippen LogP contribution is -2.27. The number of fused-ring (bicyclic) bond motifs is 2. The van der Waals surface area contributed by atoms with Gasteiger partial charge in [0.1, 0.15) is 5.52 Å². The van der Waals surface area contributed by atoms with Crippen molar-refractivity contribution in [2.24, 2.45) is 11.3 Å². The van der Waals surface area contributed by atoms with Gasteiger partial charge in [-0.2, -0.15) is 0 Å². The lowest BCUT2D eigenvalue weighted by molar-refractivity contribution is 0.0952. The molecule has 3 aromatic heterocycles. The van der Waals surface area contributed by atoms with Gasteiger partial charge in [0.2, 0.25) is 0 Å². The first kappa shape index (κ1) is 17.7. The topological polar surface area (TPSA) is 70.7 Å². The van der Waals surface area contributed by atoms with Gasteiger partial charge in [0.05, 0.1) is 11.1 Å². The molecule has 0 spiro atoms. The van der Waals surface area contributed by atoms with Crippen molar-refractivity contribution < 1.29 is 4.79 Å². The third-order valence-electron chi connectivity index (χ3n) is 5.66. The number of hydrogen-bond acceptors (Lipinski definition) is 3. The molecule has 2 N–H and O–H groups in total. The van der Waals surface area contributed by atoms with Crippen molar-refractivity contribution in [2.45, 2.75) is 46.6 Å². The molecule has 27 heavy (non-hydrogen) atoms.